The predicted molar refractivity (Wildman–Crippen MR) is 129 cm³/mol. The lowest BCUT2D eigenvalue weighted by Gasteiger charge is -2.26. The van der Waals surface area contributed by atoms with Gasteiger partial charge in [-0.1, -0.05) is 88.4 Å². The Kier molecular flexibility index (Phi) is 7.17. The van der Waals surface area contributed by atoms with Gasteiger partial charge >= 0.3 is 0 Å². The molecule has 0 aliphatic rings. The van der Waals surface area contributed by atoms with Crippen molar-refractivity contribution in [2.75, 3.05) is 5.32 Å². The van der Waals surface area contributed by atoms with Crippen molar-refractivity contribution in [3.8, 4) is 5.75 Å². The summed E-state index contributed by atoms with van der Waals surface area (Å²) in [6.45, 7) is 10.4. The van der Waals surface area contributed by atoms with Gasteiger partial charge in [0.15, 0.2) is 6.10 Å². The fraction of sp³-hybridized carbons (Fsp3) is 0.321. The third-order valence-electron chi connectivity index (χ3n) is 6.00. The largest absolute Gasteiger partial charge is 0.481 e. The number of para-hydroxylation sites is 1. The Morgan fingerprint density at radius 3 is 1.94 bits per heavy atom. The summed E-state index contributed by atoms with van der Waals surface area (Å²) in [5.41, 5.74) is 5.57. The number of hydrogen-bond acceptors (Lipinski definition) is 2. The molecule has 3 nitrogen and oxygen atoms in total. The molecular formula is C28H33NO2. The van der Waals surface area contributed by atoms with Crippen LogP contribution in [0.1, 0.15) is 56.9 Å². The van der Waals surface area contributed by atoms with E-state index in [0.29, 0.717) is 5.75 Å². The third kappa shape index (κ3) is 5.16. The van der Waals surface area contributed by atoms with Crippen molar-refractivity contribution < 1.29 is 9.53 Å². The van der Waals surface area contributed by atoms with Crippen LogP contribution < -0.4 is 10.1 Å². The molecule has 1 unspecified atom stereocenters. The van der Waals surface area contributed by atoms with Crippen LogP contribution >= 0.6 is 0 Å². The Bertz CT molecular complexity index is 985. The van der Waals surface area contributed by atoms with Gasteiger partial charge in [-0.15, -0.1) is 0 Å². The third-order valence-corrected chi connectivity index (χ3v) is 6.00. The fourth-order valence-corrected chi connectivity index (χ4v) is 3.86. The zero-order valence-electron chi connectivity index (χ0n) is 19.2. The maximum absolute atomic E-state index is 12.8. The monoisotopic (exact) mass is 415 g/mol. The molecule has 1 amide bonds. The standard InChI is InChI=1S/C28H33NO2/c1-6-21-12-11-13-22(7-2)26(21)29-27(30)20(3)31-25-18-16-24(17-19-25)28(4,5)23-14-9-8-10-15-23/h8-20H,6-7H2,1-5H3,(H,29,30). The number of hydrogen-bond donors (Lipinski definition) is 1. The minimum atomic E-state index is -0.595. The van der Waals surface area contributed by atoms with Crippen LogP contribution in [-0.4, -0.2) is 12.0 Å². The zero-order valence-corrected chi connectivity index (χ0v) is 19.2. The van der Waals surface area contributed by atoms with Crippen LogP contribution in [0.2, 0.25) is 0 Å². The molecule has 0 aliphatic carbocycles. The highest BCUT2D eigenvalue weighted by atomic mass is 16.5. The number of anilines is 1. The lowest BCUT2D eigenvalue weighted by Crippen LogP contribution is -2.31. The average Bonchev–Trinajstić information content (AvgIpc) is 2.80. The predicted octanol–water partition coefficient (Wildman–Crippen LogP) is 6.54. The van der Waals surface area contributed by atoms with Gasteiger partial charge in [0.2, 0.25) is 0 Å². The lowest BCUT2D eigenvalue weighted by molar-refractivity contribution is -0.122. The van der Waals surface area contributed by atoms with Crippen molar-refractivity contribution in [2.45, 2.75) is 59.0 Å². The van der Waals surface area contributed by atoms with Crippen LogP contribution in [0.4, 0.5) is 5.69 Å². The number of carbonyl (C=O) groups is 1. The molecule has 0 radical (unpaired) electrons. The smallest absolute Gasteiger partial charge is 0.265 e. The molecule has 0 aliphatic heterocycles. The van der Waals surface area contributed by atoms with Crippen molar-refractivity contribution in [1.29, 1.82) is 0 Å². The number of aryl methyl sites for hydroxylation is 2. The number of carbonyl (C=O) groups excluding carboxylic acids is 1. The summed E-state index contributed by atoms with van der Waals surface area (Å²) in [6.07, 6.45) is 1.15. The minimum Gasteiger partial charge on any atom is -0.481 e. The molecule has 0 fully saturated rings. The van der Waals surface area contributed by atoms with Crippen molar-refractivity contribution in [2.24, 2.45) is 0 Å². The molecule has 162 valence electrons. The Morgan fingerprint density at radius 1 is 0.839 bits per heavy atom. The average molecular weight is 416 g/mol. The number of nitrogens with one attached hydrogen (secondary N) is 1. The summed E-state index contributed by atoms with van der Waals surface area (Å²) >= 11 is 0. The maximum atomic E-state index is 12.8. The molecule has 3 aromatic rings. The first-order chi connectivity index (χ1) is 14.9. The van der Waals surface area contributed by atoms with Gasteiger partial charge in [-0.2, -0.15) is 0 Å². The molecule has 0 saturated heterocycles. The Hall–Kier alpha value is -3.07. The topological polar surface area (TPSA) is 38.3 Å². The van der Waals surface area contributed by atoms with Crippen molar-refractivity contribution in [1.82, 2.24) is 0 Å². The molecule has 3 heteroatoms. The van der Waals surface area contributed by atoms with Gasteiger partial charge in [-0.05, 0) is 54.2 Å². The maximum Gasteiger partial charge on any atom is 0.265 e. The molecular weight excluding hydrogens is 382 g/mol. The Labute approximate surface area is 186 Å². The summed E-state index contributed by atoms with van der Waals surface area (Å²) in [4.78, 5) is 12.8. The van der Waals surface area contributed by atoms with Gasteiger partial charge < -0.3 is 10.1 Å². The van der Waals surface area contributed by atoms with Crippen molar-refractivity contribution in [3.05, 3.63) is 95.1 Å². The summed E-state index contributed by atoms with van der Waals surface area (Å²) in [5, 5.41) is 3.09. The Balaban J connectivity index is 1.70. The van der Waals surface area contributed by atoms with E-state index in [0.717, 1.165) is 29.7 Å². The number of benzene rings is 3. The SMILES string of the molecule is CCc1cccc(CC)c1NC(=O)C(C)Oc1ccc(C(C)(C)c2ccccc2)cc1. The van der Waals surface area contributed by atoms with Gasteiger partial charge in [0.05, 0.1) is 0 Å². The highest BCUT2D eigenvalue weighted by Crippen LogP contribution is 2.32. The van der Waals surface area contributed by atoms with Crippen LogP contribution in [0.25, 0.3) is 0 Å². The van der Waals surface area contributed by atoms with E-state index < -0.39 is 6.10 Å². The van der Waals surface area contributed by atoms with E-state index in [1.807, 2.05) is 24.3 Å². The minimum absolute atomic E-state index is 0.108. The first kappa shape index (κ1) is 22.6. The second-order valence-corrected chi connectivity index (χ2v) is 8.42. The van der Waals surface area contributed by atoms with E-state index in [4.69, 9.17) is 4.74 Å². The Morgan fingerprint density at radius 2 is 1.39 bits per heavy atom. The molecule has 3 rings (SSSR count). The van der Waals surface area contributed by atoms with E-state index in [1.54, 1.807) is 6.92 Å². The van der Waals surface area contributed by atoms with E-state index in [-0.39, 0.29) is 11.3 Å². The molecule has 0 spiro atoms. The summed E-state index contributed by atoms with van der Waals surface area (Å²) in [6, 6.07) is 24.7. The molecule has 0 heterocycles. The van der Waals surface area contributed by atoms with E-state index in [9.17, 15) is 4.79 Å². The number of ether oxygens (including phenoxy) is 1. The fourth-order valence-electron chi connectivity index (χ4n) is 3.86. The molecule has 1 atom stereocenters. The molecule has 0 saturated carbocycles. The van der Waals surface area contributed by atoms with E-state index >= 15 is 0 Å². The van der Waals surface area contributed by atoms with Crippen LogP contribution in [0.5, 0.6) is 5.75 Å². The highest BCUT2D eigenvalue weighted by Gasteiger charge is 2.23. The van der Waals surface area contributed by atoms with Crippen LogP contribution in [0.3, 0.4) is 0 Å². The first-order valence-corrected chi connectivity index (χ1v) is 11.1. The molecule has 0 aromatic heterocycles. The zero-order chi connectivity index (χ0) is 22.4. The van der Waals surface area contributed by atoms with Gasteiger partial charge in [-0.25, -0.2) is 0 Å². The quantitative estimate of drug-likeness (QED) is 0.453. The van der Waals surface area contributed by atoms with Gasteiger partial charge in [-0.3, -0.25) is 4.79 Å². The van der Waals surface area contributed by atoms with Crippen LogP contribution in [0, 0.1) is 0 Å². The molecule has 31 heavy (non-hydrogen) atoms. The second kappa shape index (κ2) is 9.82. The lowest BCUT2D eigenvalue weighted by atomic mass is 9.78. The van der Waals surface area contributed by atoms with Crippen LogP contribution in [0.15, 0.2) is 72.8 Å². The number of amides is 1. The first-order valence-electron chi connectivity index (χ1n) is 11.1. The van der Waals surface area contributed by atoms with Gasteiger partial charge in [0, 0.05) is 11.1 Å². The van der Waals surface area contributed by atoms with Gasteiger partial charge in [0.1, 0.15) is 5.75 Å². The summed E-state index contributed by atoms with van der Waals surface area (Å²) < 4.78 is 5.96. The molecule has 0 bridgehead atoms. The summed E-state index contributed by atoms with van der Waals surface area (Å²) in [5.74, 6) is 0.555. The summed E-state index contributed by atoms with van der Waals surface area (Å²) in [7, 11) is 0. The van der Waals surface area contributed by atoms with Gasteiger partial charge in [0.25, 0.3) is 5.91 Å². The number of rotatable bonds is 8. The van der Waals surface area contributed by atoms with Crippen molar-refractivity contribution >= 4 is 11.6 Å². The molecule has 1 N–H and O–H groups in total. The highest BCUT2D eigenvalue weighted by molar-refractivity contribution is 5.95. The van der Waals surface area contributed by atoms with E-state index in [1.165, 1.54) is 11.1 Å². The van der Waals surface area contributed by atoms with Crippen LogP contribution in [-0.2, 0) is 23.1 Å². The molecule has 3 aromatic carbocycles. The second-order valence-electron chi connectivity index (χ2n) is 8.42. The normalized spacial score (nSPS) is 12.3. The van der Waals surface area contributed by atoms with E-state index in [2.05, 4.69) is 81.5 Å². The van der Waals surface area contributed by atoms with Crippen molar-refractivity contribution in [3.63, 3.8) is 0 Å².